The maximum atomic E-state index is 12.2. The van der Waals surface area contributed by atoms with E-state index in [-0.39, 0.29) is 11.3 Å². The molecule has 1 aliphatic carbocycles. The number of hydrogen-bond donors (Lipinski definition) is 2. The molecular weight excluding hydrogens is 204 g/mol. The van der Waals surface area contributed by atoms with Crippen LogP contribution in [0.5, 0.6) is 0 Å². The van der Waals surface area contributed by atoms with Crippen molar-refractivity contribution in [2.75, 3.05) is 19.8 Å². The number of ether oxygens (including phenoxy) is 1. The average molecular weight is 226 g/mol. The van der Waals surface area contributed by atoms with Crippen molar-refractivity contribution in [3.05, 3.63) is 0 Å². The minimum atomic E-state index is -0.364. The summed E-state index contributed by atoms with van der Waals surface area (Å²) in [5.41, 5.74) is 5.42. The molecule has 1 aliphatic heterocycles. The van der Waals surface area contributed by atoms with Crippen LogP contribution >= 0.6 is 0 Å². The predicted molar refractivity (Wildman–Crippen MR) is 61.9 cm³/mol. The van der Waals surface area contributed by atoms with Crippen LogP contribution in [0.1, 0.15) is 32.6 Å². The zero-order chi connectivity index (χ0) is 11.6. The molecule has 3 N–H and O–H groups in total. The molecule has 0 aromatic heterocycles. The number of carbonyl (C=O) groups excluding carboxylic acids is 1. The Morgan fingerprint density at radius 1 is 1.44 bits per heavy atom. The second kappa shape index (κ2) is 4.72. The molecule has 0 unspecified atom stereocenters. The Labute approximate surface area is 96.9 Å². The lowest BCUT2D eigenvalue weighted by Crippen LogP contribution is -2.54. The average Bonchev–Trinajstić information content (AvgIpc) is 2.28. The standard InChI is InChI=1S/C12H22N2O2/c1-9-6-10(7-9)14-11(15)12(8-13)2-4-16-5-3-12/h9-10H,2-8,13H2,1H3,(H,14,15). The summed E-state index contributed by atoms with van der Waals surface area (Å²) in [4.78, 5) is 12.2. The summed E-state index contributed by atoms with van der Waals surface area (Å²) >= 11 is 0. The van der Waals surface area contributed by atoms with E-state index in [0.717, 1.165) is 31.6 Å². The third kappa shape index (κ3) is 2.23. The number of amides is 1. The predicted octanol–water partition coefficient (Wildman–Crippen LogP) is 0.657. The molecule has 0 atom stereocenters. The van der Waals surface area contributed by atoms with Gasteiger partial charge in [0, 0.05) is 25.8 Å². The van der Waals surface area contributed by atoms with Gasteiger partial charge in [0.1, 0.15) is 0 Å². The number of carbonyl (C=O) groups is 1. The molecule has 0 spiro atoms. The highest BCUT2D eigenvalue weighted by Gasteiger charge is 2.40. The normalized spacial score (nSPS) is 32.9. The molecule has 1 amide bonds. The van der Waals surface area contributed by atoms with E-state index >= 15 is 0 Å². The van der Waals surface area contributed by atoms with Gasteiger partial charge in [-0.1, -0.05) is 6.92 Å². The van der Waals surface area contributed by atoms with Crippen LogP contribution in [0.2, 0.25) is 0 Å². The Balaban J connectivity index is 1.90. The third-order valence-electron chi connectivity index (χ3n) is 4.03. The number of rotatable bonds is 3. The lowest BCUT2D eigenvalue weighted by molar-refractivity contribution is -0.137. The van der Waals surface area contributed by atoms with Crippen molar-refractivity contribution in [3.63, 3.8) is 0 Å². The van der Waals surface area contributed by atoms with E-state index in [1.807, 2.05) is 0 Å². The van der Waals surface area contributed by atoms with Gasteiger partial charge in [-0.05, 0) is 31.6 Å². The highest BCUT2D eigenvalue weighted by atomic mass is 16.5. The fourth-order valence-electron chi connectivity index (χ4n) is 2.64. The van der Waals surface area contributed by atoms with Crippen molar-refractivity contribution in [1.29, 1.82) is 0 Å². The second-order valence-electron chi connectivity index (χ2n) is 5.34. The molecule has 2 aliphatic rings. The SMILES string of the molecule is CC1CC(NC(=O)C2(CN)CCOCC2)C1. The summed E-state index contributed by atoms with van der Waals surface area (Å²) in [7, 11) is 0. The van der Waals surface area contributed by atoms with Crippen LogP contribution < -0.4 is 11.1 Å². The van der Waals surface area contributed by atoms with Gasteiger partial charge in [0.05, 0.1) is 5.41 Å². The van der Waals surface area contributed by atoms with Crippen LogP contribution in [-0.2, 0) is 9.53 Å². The van der Waals surface area contributed by atoms with Gasteiger partial charge in [0.25, 0.3) is 0 Å². The first-order valence-electron chi connectivity index (χ1n) is 6.25. The van der Waals surface area contributed by atoms with Gasteiger partial charge in [-0.25, -0.2) is 0 Å². The van der Waals surface area contributed by atoms with Crippen LogP contribution in [0.15, 0.2) is 0 Å². The molecule has 0 aromatic rings. The molecule has 2 fully saturated rings. The number of nitrogens with two attached hydrogens (primary N) is 1. The van der Waals surface area contributed by atoms with Crippen molar-refractivity contribution in [2.24, 2.45) is 17.1 Å². The summed E-state index contributed by atoms with van der Waals surface area (Å²) < 4.78 is 5.30. The van der Waals surface area contributed by atoms with Crippen molar-refractivity contribution in [3.8, 4) is 0 Å². The van der Waals surface area contributed by atoms with Gasteiger partial charge < -0.3 is 15.8 Å². The minimum Gasteiger partial charge on any atom is -0.381 e. The Hall–Kier alpha value is -0.610. The van der Waals surface area contributed by atoms with E-state index in [2.05, 4.69) is 12.2 Å². The molecule has 1 saturated carbocycles. The van der Waals surface area contributed by atoms with E-state index in [1.54, 1.807) is 0 Å². The van der Waals surface area contributed by atoms with Crippen molar-refractivity contribution < 1.29 is 9.53 Å². The van der Waals surface area contributed by atoms with Gasteiger partial charge in [-0.15, -0.1) is 0 Å². The highest BCUT2D eigenvalue weighted by Crippen LogP contribution is 2.32. The zero-order valence-electron chi connectivity index (χ0n) is 10.00. The van der Waals surface area contributed by atoms with E-state index in [9.17, 15) is 4.79 Å². The van der Waals surface area contributed by atoms with Crippen molar-refractivity contribution in [2.45, 2.75) is 38.6 Å². The highest BCUT2D eigenvalue weighted by molar-refractivity contribution is 5.83. The summed E-state index contributed by atoms with van der Waals surface area (Å²) in [5, 5.41) is 3.13. The van der Waals surface area contributed by atoms with Crippen LogP contribution in [-0.4, -0.2) is 31.7 Å². The summed E-state index contributed by atoms with van der Waals surface area (Å²) in [5.74, 6) is 0.906. The quantitative estimate of drug-likeness (QED) is 0.743. The first kappa shape index (κ1) is 11.9. The summed E-state index contributed by atoms with van der Waals surface area (Å²) in [6.45, 7) is 3.97. The number of nitrogens with one attached hydrogen (secondary N) is 1. The van der Waals surface area contributed by atoms with Gasteiger partial charge in [-0.3, -0.25) is 4.79 Å². The molecule has 16 heavy (non-hydrogen) atoms. The van der Waals surface area contributed by atoms with Gasteiger partial charge in [-0.2, -0.15) is 0 Å². The van der Waals surface area contributed by atoms with Crippen molar-refractivity contribution >= 4 is 5.91 Å². The molecule has 0 radical (unpaired) electrons. The minimum absolute atomic E-state index is 0.148. The molecule has 0 bridgehead atoms. The molecule has 1 heterocycles. The maximum Gasteiger partial charge on any atom is 0.227 e. The van der Waals surface area contributed by atoms with E-state index in [4.69, 9.17) is 10.5 Å². The fraction of sp³-hybridized carbons (Fsp3) is 0.917. The van der Waals surface area contributed by atoms with Crippen LogP contribution in [0.4, 0.5) is 0 Å². The lowest BCUT2D eigenvalue weighted by Gasteiger charge is -2.39. The van der Waals surface area contributed by atoms with Gasteiger partial charge in [0.2, 0.25) is 5.91 Å². The smallest absolute Gasteiger partial charge is 0.227 e. The Bertz CT molecular complexity index is 256. The molecule has 2 rings (SSSR count). The largest absolute Gasteiger partial charge is 0.381 e. The van der Waals surface area contributed by atoms with Crippen LogP contribution in [0.25, 0.3) is 0 Å². The molecule has 92 valence electrons. The Morgan fingerprint density at radius 3 is 2.56 bits per heavy atom. The Kier molecular flexibility index (Phi) is 3.50. The molecule has 0 aromatic carbocycles. The van der Waals surface area contributed by atoms with Gasteiger partial charge >= 0.3 is 0 Å². The molecule has 4 nitrogen and oxygen atoms in total. The van der Waals surface area contributed by atoms with Crippen molar-refractivity contribution in [1.82, 2.24) is 5.32 Å². The number of hydrogen-bond acceptors (Lipinski definition) is 3. The maximum absolute atomic E-state index is 12.2. The monoisotopic (exact) mass is 226 g/mol. The zero-order valence-corrected chi connectivity index (χ0v) is 10.00. The third-order valence-corrected chi connectivity index (χ3v) is 4.03. The van der Waals surface area contributed by atoms with E-state index in [0.29, 0.717) is 25.8 Å². The van der Waals surface area contributed by atoms with E-state index in [1.165, 1.54) is 0 Å². The first-order chi connectivity index (χ1) is 7.66. The second-order valence-corrected chi connectivity index (χ2v) is 5.34. The topological polar surface area (TPSA) is 64.4 Å². The summed E-state index contributed by atoms with van der Waals surface area (Å²) in [6.07, 6.45) is 3.75. The Morgan fingerprint density at radius 2 is 2.06 bits per heavy atom. The lowest BCUT2D eigenvalue weighted by atomic mass is 9.77. The first-order valence-corrected chi connectivity index (χ1v) is 6.25. The summed E-state index contributed by atoms with van der Waals surface area (Å²) in [6, 6.07) is 0.383. The molecular formula is C12H22N2O2. The molecule has 4 heteroatoms. The van der Waals surface area contributed by atoms with E-state index < -0.39 is 0 Å². The van der Waals surface area contributed by atoms with Crippen LogP contribution in [0.3, 0.4) is 0 Å². The molecule has 1 saturated heterocycles. The fourth-order valence-corrected chi connectivity index (χ4v) is 2.64. The van der Waals surface area contributed by atoms with Crippen LogP contribution in [0, 0.1) is 11.3 Å². The van der Waals surface area contributed by atoms with Gasteiger partial charge in [0.15, 0.2) is 0 Å².